The molecule has 1 saturated heterocycles. The van der Waals surface area contributed by atoms with Gasteiger partial charge in [-0.05, 0) is 89.9 Å². The molecule has 0 radical (unpaired) electrons. The average Bonchev–Trinajstić information content (AvgIpc) is 3.40. The maximum Gasteiger partial charge on any atom is 0.306 e. The molecular formula is C63H111NO10. The van der Waals surface area contributed by atoms with E-state index < -0.39 is 67.4 Å². The molecule has 1 rings (SSSR count). The highest BCUT2D eigenvalue weighted by atomic mass is 16.7. The summed E-state index contributed by atoms with van der Waals surface area (Å²) in [6.45, 7) is 5.63. The summed E-state index contributed by atoms with van der Waals surface area (Å²) in [5.74, 6) is -1.22. The van der Waals surface area contributed by atoms with Crippen LogP contribution in [0.2, 0.25) is 0 Å². The van der Waals surface area contributed by atoms with Gasteiger partial charge in [-0.2, -0.15) is 0 Å². The second-order valence-electron chi connectivity index (χ2n) is 20.7. The summed E-state index contributed by atoms with van der Waals surface area (Å²) < 4.78 is 17.6. The Labute approximate surface area is 451 Å². The lowest BCUT2D eigenvalue weighted by molar-refractivity contribution is -0.305. The Hall–Kier alpha value is -2.90. The van der Waals surface area contributed by atoms with Crippen molar-refractivity contribution < 1.29 is 49.3 Å². The molecule has 11 nitrogen and oxygen atoms in total. The first-order valence-electron chi connectivity index (χ1n) is 30.2. The van der Waals surface area contributed by atoms with Crippen molar-refractivity contribution in [1.82, 2.24) is 5.32 Å². The second kappa shape index (κ2) is 50.9. The maximum absolute atomic E-state index is 13.4. The lowest BCUT2D eigenvalue weighted by atomic mass is 9.99. The smallest absolute Gasteiger partial charge is 0.306 e. The van der Waals surface area contributed by atoms with Gasteiger partial charge in [-0.1, -0.05) is 229 Å². The van der Waals surface area contributed by atoms with Crippen LogP contribution in [0.3, 0.4) is 0 Å². The van der Waals surface area contributed by atoms with Crippen molar-refractivity contribution in [2.24, 2.45) is 0 Å². The molecule has 0 aliphatic carbocycles. The van der Waals surface area contributed by atoms with E-state index in [2.05, 4.69) is 86.8 Å². The SMILES string of the molecule is CC/C=C/C/C=C/C/C=C/CCCCCCC(=O)OC1C(OCC(NC(=O)C(O)CCCCCCCCCC/C=C\C/C=C\CCCCC)C(O)/C=C/CCCCCCCCCCCCC)OC(CO)C(O)C1O. The third-order valence-electron chi connectivity index (χ3n) is 13.8. The number of rotatable bonds is 50. The lowest BCUT2D eigenvalue weighted by Crippen LogP contribution is -2.61. The van der Waals surface area contributed by atoms with Gasteiger partial charge in [0.2, 0.25) is 5.91 Å². The minimum absolute atomic E-state index is 0.0949. The molecule has 11 heteroatoms. The largest absolute Gasteiger partial charge is 0.454 e. The number of ether oxygens (including phenoxy) is 3. The van der Waals surface area contributed by atoms with E-state index in [0.29, 0.717) is 12.8 Å². The lowest BCUT2D eigenvalue weighted by Gasteiger charge is -2.41. The number of amides is 1. The Balaban J connectivity index is 2.72. The van der Waals surface area contributed by atoms with Gasteiger partial charge in [0.15, 0.2) is 12.4 Å². The van der Waals surface area contributed by atoms with Crippen molar-refractivity contribution in [3.05, 3.63) is 72.9 Å². The number of aliphatic hydroxyl groups excluding tert-OH is 5. The monoisotopic (exact) mass is 1040 g/mol. The highest BCUT2D eigenvalue weighted by Gasteiger charge is 2.47. The van der Waals surface area contributed by atoms with Crippen LogP contribution in [0.1, 0.15) is 252 Å². The van der Waals surface area contributed by atoms with Gasteiger partial charge in [-0.15, -0.1) is 0 Å². The second-order valence-corrected chi connectivity index (χ2v) is 20.7. The molecular weight excluding hydrogens is 931 g/mol. The normalized spacial score (nSPS) is 19.8. The number of hydrogen-bond acceptors (Lipinski definition) is 10. The third kappa shape index (κ3) is 38.6. The molecule has 0 bridgehead atoms. The van der Waals surface area contributed by atoms with Crippen LogP contribution in [0.25, 0.3) is 0 Å². The molecule has 1 amide bonds. The quantitative estimate of drug-likeness (QED) is 0.0195. The average molecular weight is 1040 g/mol. The number of nitrogens with one attached hydrogen (secondary N) is 1. The number of aliphatic hydroxyl groups is 5. The summed E-state index contributed by atoms with van der Waals surface area (Å²) in [7, 11) is 0. The molecule has 1 fully saturated rings. The van der Waals surface area contributed by atoms with Gasteiger partial charge >= 0.3 is 5.97 Å². The van der Waals surface area contributed by atoms with Crippen LogP contribution in [-0.4, -0.2) is 99.6 Å². The number of carbonyl (C=O) groups excluding carboxylic acids is 2. The fourth-order valence-corrected chi connectivity index (χ4v) is 9.05. The Kier molecular flexibility index (Phi) is 47.5. The number of carbonyl (C=O) groups is 2. The Morgan fingerprint density at radius 1 is 0.541 bits per heavy atom. The van der Waals surface area contributed by atoms with E-state index in [0.717, 1.165) is 96.3 Å². The van der Waals surface area contributed by atoms with Crippen molar-refractivity contribution in [1.29, 1.82) is 0 Å². The Bertz CT molecular complexity index is 1480. The van der Waals surface area contributed by atoms with Crippen molar-refractivity contribution in [3.8, 4) is 0 Å². The molecule has 0 saturated carbocycles. The minimum Gasteiger partial charge on any atom is -0.454 e. The fraction of sp³-hybridized carbons (Fsp3) is 0.778. The van der Waals surface area contributed by atoms with Gasteiger partial charge in [-0.3, -0.25) is 9.59 Å². The first-order chi connectivity index (χ1) is 36.2. The topological polar surface area (TPSA) is 175 Å². The number of esters is 1. The van der Waals surface area contributed by atoms with Crippen LogP contribution in [0, 0.1) is 0 Å². The predicted octanol–water partition coefficient (Wildman–Crippen LogP) is 14.0. The van der Waals surface area contributed by atoms with Gasteiger partial charge < -0.3 is 45.1 Å². The standard InChI is InChI=1S/C63H111NO10/c1-4-7-10-13-16-19-22-25-27-28-29-30-32-35-38-41-44-47-50-56(67)62(71)64-54(55(66)49-46-43-40-37-34-31-24-21-18-15-12-9-6-3)53-72-63-61(60(70)59(69)57(52-65)73-63)74-58(68)51-48-45-42-39-36-33-26-23-20-17-14-11-8-5-2/h8,11,16-17,19-20,25-27,33,46,49,54-57,59-61,63,65-67,69-70H,4-7,9-10,12-15,18,21-24,28-32,34-45,47-48,50-53H2,1-3H3,(H,64,71)/b11-8+,19-16-,20-17+,27-25-,33-26+,49-46+. The third-order valence-corrected chi connectivity index (χ3v) is 13.8. The van der Waals surface area contributed by atoms with Crippen LogP contribution in [0.15, 0.2) is 72.9 Å². The first kappa shape index (κ1) is 69.1. The van der Waals surface area contributed by atoms with Gasteiger partial charge in [-0.25, -0.2) is 0 Å². The van der Waals surface area contributed by atoms with Crippen LogP contribution >= 0.6 is 0 Å². The molecule has 1 aliphatic heterocycles. The molecule has 428 valence electrons. The van der Waals surface area contributed by atoms with Gasteiger partial charge in [0, 0.05) is 6.42 Å². The summed E-state index contributed by atoms with van der Waals surface area (Å²) in [5.41, 5.74) is 0. The first-order valence-corrected chi connectivity index (χ1v) is 30.2. The van der Waals surface area contributed by atoms with E-state index in [1.807, 2.05) is 6.08 Å². The molecule has 0 aromatic rings. The van der Waals surface area contributed by atoms with Crippen molar-refractivity contribution in [2.45, 2.75) is 301 Å². The zero-order valence-corrected chi connectivity index (χ0v) is 47.2. The minimum atomic E-state index is -1.63. The molecule has 8 unspecified atom stereocenters. The molecule has 74 heavy (non-hydrogen) atoms. The number of unbranched alkanes of at least 4 members (excludes halogenated alkanes) is 26. The summed E-state index contributed by atoms with van der Waals surface area (Å²) in [5, 5.41) is 56.9. The number of allylic oxidation sites excluding steroid dienone is 11. The fourth-order valence-electron chi connectivity index (χ4n) is 9.05. The van der Waals surface area contributed by atoms with Crippen molar-refractivity contribution in [3.63, 3.8) is 0 Å². The molecule has 0 spiro atoms. The molecule has 0 aromatic carbocycles. The summed E-state index contributed by atoms with van der Waals surface area (Å²) >= 11 is 0. The summed E-state index contributed by atoms with van der Waals surface area (Å²) in [6, 6.07) is -1.03. The summed E-state index contributed by atoms with van der Waals surface area (Å²) in [6.07, 6.45) is 53.6. The van der Waals surface area contributed by atoms with Crippen molar-refractivity contribution in [2.75, 3.05) is 13.2 Å². The van der Waals surface area contributed by atoms with E-state index in [4.69, 9.17) is 14.2 Å². The summed E-state index contributed by atoms with van der Waals surface area (Å²) in [4.78, 5) is 26.5. The van der Waals surface area contributed by atoms with Gasteiger partial charge in [0.1, 0.15) is 24.4 Å². The Morgan fingerprint density at radius 2 is 0.973 bits per heavy atom. The molecule has 1 aliphatic rings. The van der Waals surface area contributed by atoms with E-state index in [1.165, 1.54) is 109 Å². The Morgan fingerprint density at radius 3 is 1.49 bits per heavy atom. The van der Waals surface area contributed by atoms with Crippen LogP contribution < -0.4 is 5.32 Å². The molecule has 0 aromatic heterocycles. The van der Waals surface area contributed by atoms with Gasteiger partial charge in [0.05, 0.1) is 25.4 Å². The van der Waals surface area contributed by atoms with Crippen molar-refractivity contribution >= 4 is 11.9 Å². The zero-order valence-electron chi connectivity index (χ0n) is 47.2. The van der Waals surface area contributed by atoms with Crippen LogP contribution in [-0.2, 0) is 23.8 Å². The maximum atomic E-state index is 13.4. The zero-order chi connectivity index (χ0) is 54.0. The van der Waals surface area contributed by atoms with Crippen LogP contribution in [0.5, 0.6) is 0 Å². The highest BCUT2D eigenvalue weighted by molar-refractivity contribution is 5.80. The van der Waals surface area contributed by atoms with E-state index >= 15 is 0 Å². The van der Waals surface area contributed by atoms with E-state index in [1.54, 1.807) is 6.08 Å². The van der Waals surface area contributed by atoms with Gasteiger partial charge in [0.25, 0.3) is 0 Å². The highest BCUT2D eigenvalue weighted by Crippen LogP contribution is 2.26. The van der Waals surface area contributed by atoms with Crippen LogP contribution in [0.4, 0.5) is 0 Å². The molecule has 8 atom stereocenters. The van der Waals surface area contributed by atoms with E-state index in [-0.39, 0.29) is 19.4 Å². The molecule has 6 N–H and O–H groups in total. The number of hydrogen-bond donors (Lipinski definition) is 6. The molecule has 1 heterocycles. The predicted molar refractivity (Wildman–Crippen MR) is 306 cm³/mol. The van der Waals surface area contributed by atoms with E-state index in [9.17, 15) is 35.1 Å².